The molecule has 0 N–H and O–H groups in total. The minimum absolute atomic E-state index is 0. The number of rotatable bonds is 0. The van der Waals surface area contributed by atoms with Gasteiger partial charge >= 0.3 is 27.5 Å². The summed E-state index contributed by atoms with van der Waals surface area (Å²) in [4.78, 5) is 0. The summed E-state index contributed by atoms with van der Waals surface area (Å²) in [6.45, 7) is 0. The fourth-order valence-electron chi connectivity index (χ4n) is 0. The Kier molecular flexibility index (Phi) is 95.6. The predicted molar refractivity (Wildman–Crippen MR) is 17.8 cm³/mol. The van der Waals surface area contributed by atoms with Crippen LogP contribution >= 0.6 is 0 Å². The average Bonchev–Trinajstić information content (AvgIpc) is 1.00. The Hall–Kier alpha value is 1.71. The standard InChI is InChI=1S/Al.Bi.Ni.O.4H. The first kappa shape index (κ1) is 17.3. The van der Waals surface area contributed by atoms with Crippen molar-refractivity contribution in [3.63, 3.8) is 0 Å². The van der Waals surface area contributed by atoms with Crippen molar-refractivity contribution in [1.29, 1.82) is 0 Å². The summed E-state index contributed by atoms with van der Waals surface area (Å²) in [6, 6.07) is 0. The van der Waals surface area contributed by atoms with E-state index in [1.165, 1.54) is 0 Å². The Balaban J connectivity index is -0.00000000500. The fraction of sp³-hybridized carbons (Fsp3) is 0. The molecule has 0 radical (unpaired) electrons. The molecule has 0 saturated heterocycles. The van der Waals surface area contributed by atoms with E-state index in [2.05, 4.69) is 0 Å². The molecule has 0 saturated carbocycles. The van der Waals surface area contributed by atoms with Crippen LogP contribution in [0.4, 0.5) is 0 Å². The zero-order valence-electron chi connectivity index (χ0n) is 1.22. The van der Waals surface area contributed by atoms with E-state index >= 15 is 0 Å². The van der Waals surface area contributed by atoms with Gasteiger partial charge in [-0.1, -0.05) is 0 Å². The van der Waals surface area contributed by atoms with Crippen LogP contribution in [0.1, 0.15) is 0 Å². The molecule has 0 unspecified atom stereocenters. The van der Waals surface area contributed by atoms with Crippen molar-refractivity contribution in [2.75, 3.05) is 0 Å². The third-order valence-electron chi connectivity index (χ3n) is 0. The molecule has 0 amide bonds. The SMILES string of the molecule is [AlH3].[Ni].[O]=[BiH]. The molecule has 0 aromatic rings. The van der Waals surface area contributed by atoms with Gasteiger partial charge in [-0.3, -0.25) is 0 Å². The van der Waals surface area contributed by atoms with Crippen LogP contribution in [0.15, 0.2) is 0 Å². The zero-order chi connectivity index (χ0) is 2.00. The second kappa shape index (κ2) is 22.2. The van der Waals surface area contributed by atoms with Crippen LogP contribution in [0.3, 0.4) is 0 Å². The van der Waals surface area contributed by atoms with Gasteiger partial charge in [0.05, 0.1) is 0 Å². The first-order chi connectivity index (χ1) is 1.00. The van der Waals surface area contributed by atoms with E-state index in [1.807, 2.05) is 0 Å². The van der Waals surface area contributed by atoms with Gasteiger partial charge in [0.25, 0.3) is 0 Å². The minimum atomic E-state index is 0. The molecule has 28 valence electrons. The molecule has 0 aliphatic rings. The van der Waals surface area contributed by atoms with Crippen LogP contribution in [-0.4, -0.2) is 42.1 Å². The Morgan fingerprint density at radius 3 is 1.25 bits per heavy atom. The van der Waals surface area contributed by atoms with Gasteiger partial charge in [0.2, 0.25) is 0 Å². The van der Waals surface area contributed by atoms with Gasteiger partial charge in [-0.05, 0) is 0 Å². The summed E-state index contributed by atoms with van der Waals surface area (Å²) in [5.41, 5.74) is 0. The van der Waals surface area contributed by atoms with E-state index in [-0.39, 0.29) is 58.6 Å². The Bertz CT molecular complexity index is 8.00. The Morgan fingerprint density at radius 2 is 1.25 bits per heavy atom. The summed E-state index contributed by atoms with van der Waals surface area (Å²) < 4.78 is 8.39. The van der Waals surface area contributed by atoms with E-state index in [9.17, 15) is 0 Å². The Labute approximate surface area is 60.9 Å². The zero-order valence-corrected chi connectivity index (χ0v) is 6.10. The van der Waals surface area contributed by atoms with Crippen molar-refractivity contribution < 1.29 is 19.3 Å². The number of hydrogen-bond donors (Lipinski definition) is 0. The number of hydrogen-bond acceptors (Lipinski definition) is 1. The average molecular weight is 315 g/mol. The van der Waals surface area contributed by atoms with Crippen LogP contribution in [-0.2, 0) is 19.3 Å². The molecule has 0 aliphatic heterocycles. The summed E-state index contributed by atoms with van der Waals surface area (Å²) in [6.07, 6.45) is 0. The maximum atomic E-state index is 8.39. The first-order valence-electron chi connectivity index (χ1n) is 0.204. The fourth-order valence-corrected chi connectivity index (χ4v) is 0. The normalized spacial score (nSPS) is 1.00. The van der Waals surface area contributed by atoms with Crippen molar-refractivity contribution in [3.8, 4) is 0 Å². The molecule has 0 aromatic heterocycles. The Morgan fingerprint density at radius 1 is 1.25 bits per heavy atom. The molecule has 0 spiro atoms. The molecular weight excluding hydrogens is 311 g/mol. The van der Waals surface area contributed by atoms with Crippen molar-refractivity contribution in [2.45, 2.75) is 0 Å². The van der Waals surface area contributed by atoms with E-state index in [4.69, 9.17) is 2.81 Å². The quantitative estimate of drug-likeness (QED) is 0.475. The molecule has 1 nitrogen and oxygen atoms in total. The van der Waals surface area contributed by atoms with Crippen LogP contribution in [0.5, 0.6) is 0 Å². The maximum absolute atomic E-state index is 8.39. The van der Waals surface area contributed by atoms with E-state index in [1.54, 1.807) is 0 Å². The van der Waals surface area contributed by atoms with Gasteiger partial charge in [0.1, 0.15) is 0 Å². The van der Waals surface area contributed by atoms with Gasteiger partial charge in [-0.25, -0.2) is 0 Å². The third kappa shape index (κ3) is 9.32. The van der Waals surface area contributed by atoms with Crippen molar-refractivity contribution in [2.24, 2.45) is 0 Å². The van der Waals surface area contributed by atoms with Crippen molar-refractivity contribution in [1.82, 2.24) is 0 Å². The molecule has 4 heavy (non-hydrogen) atoms. The monoisotopic (exact) mass is 314 g/mol. The van der Waals surface area contributed by atoms with Crippen LogP contribution in [0.25, 0.3) is 0 Å². The summed E-state index contributed by atoms with van der Waals surface area (Å²) >= 11 is 0.0556. The van der Waals surface area contributed by atoms with Crippen LogP contribution in [0, 0.1) is 0 Å². The van der Waals surface area contributed by atoms with E-state index < -0.39 is 0 Å². The molecule has 0 aliphatic carbocycles. The molecule has 0 fully saturated rings. The second-order valence-electron chi connectivity index (χ2n) is 0. The summed E-state index contributed by atoms with van der Waals surface area (Å²) in [5.74, 6) is 0. The molecule has 0 heterocycles. The van der Waals surface area contributed by atoms with Crippen molar-refractivity contribution >= 4 is 42.1 Å². The van der Waals surface area contributed by atoms with Crippen molar-refractivity contribution in [3.05, 3.63) is 0 Å². The molecule has 0 atom stereocenters. The van der Waals surface area contributed by atoms with Crippen LogP contribution < -0.4 is 0 Å². The van der Waals surface area contributed by atoms with Gasteiger partial charge < -0.3 is 0 Å². The topological polar surface area (TPSA) is 17.1 Å². The molecular formula is H4AlBiNiO. The molecule has 0 aromatic carbocycles. The first-order valence-corrected chi connectivity index (χ1v) is 1.79. The van der Waals surface area contributed by atoms with Gasteiger partial charge in [-0.15, -0.1) is 0 Å². The molecule has 4 heteroatoms. The summed E-state index contributed by atoms with van der Waals surface area (Å²) in [5, 5.41) is 0. The summed E-state index contributed by atoms with van der Waals surface area (Å²) in [7, 11) is 0. The second-order valence-corrected chi connectivity index (χ2v) is 0. The van der Waals surface area contributed by atoms with Gasteiger partial charge in [0.15, 0.2) is 17.4 Å². The third-order valence-corrected chi connectivity index (χ3v) is 0. The molecule has 0 rings (SSSR count). The van der Waals surface area contributed by atoms with Gasteiger partial charge in [0, 0.05) is 16.5 Å². The van der Waals surface area contributed by atoms with E-state index in [0.717, 1.165) is 0 Å². The predicted octanol–water partition coefficient (Wildman–Crippen LogP) is -1.95. The molecule has 0 bridgehead atoms. The van der Waals surface area contributed by atoms with E-state index in [0.29, 0.717) is 0 Å². The van der Waals surface area contributed by atoms with Gasteiger partial charge in [-0.2, -0.15) is 0 Å². The van der Waals surface area contributed by atoms with Crippen LogP contribution in [0.2, 0.25) is 0 Å².